The summed E-state index contributed by atoms with van der Waals surface area (Å²) in [6.07, 6.45) is 0.113. The molecule has 3 nitrogen and oxygen atoms in total. The van der Waals surface area contributed by atoms with E-state index in [4.69, 9.17) is 4.74 Å². The van der Waals surface area contributed by atoms with Gasteiger partial charge < -0.3 is 9.84 Å². The van der Waals surface area contributed by atoms with Crippen LogP contribution < -0.4 is 4.74 Å². The Balaban J connectivity index is 1.93. The highest BCUT2D eigenvalue weighted by atomic mass is 16.5. The van der Waals surface area contributed by atoms with Crippen LogP contribution in [0.1, 0.15) is 22.8 Å². The van der Waals surface area contributed by atoms with Crippen LogP contribution in [0.5, 0.6) is 5.75 Å². The molecule has 21 heavy (non-hydrogen) atoms. The zero-order chi connectivity index (χ0) is 14.8. The van der Waals surface area contributed by atoms with Crippen LogP contribution in [0.4, 0.5) is 0 Å². The lowest BCUT2D eigenvalue weighted by atomic mass is 9.93. The lowest BCUT2D eigenvalue weighted by Gasteiger charge is -2.30. The van der Waals surface area contributed by atoms with Crippen LogP contribution in [0.2, 0.25) is 0 Å². The number of aliphatic hydroxyl groups is 1. The summed E-state index contributed by atoms with van der Waals surface area (Å²) < 4.78 is 5.81. The Morgan fingerprint density at radius 1 is 1.10 bits per heavy atom. The van der Waals surface area contributed by atoms with E-state index in [-0.39, 0.29) is 5.78 Å². The monoisotopic (exact) mass is 280 g/mol. The second-order valence-electron chi connectivity index (χ2n) is 5.14. The minimum Gasteiger partial charge on any atom is -0.482 e. The van der Waals surface area contributed by atoms with Gasteiger partial charge in [-0.1, -0.05) is 48.5 Å². The molecule has 1 heterocycles. The number of hydrogen-bond donors (Lipinski definition) is 1. The van der Waals surface area contributed by atoms with Crippen LogP contribution >= 0.6 is 0 Å². The Morgan fingerprint density at radius 3 is 2.52 bits per heavy atom. The number of carbonyl (C=O) groups excluding carboxylic acids is 1. The topological polar surface area (TPSA) is 46.5 Å². The van der Waals surface area contributed by atoms with Crippen molar-refractivity contribution in [3.8, 4) is 5.75 Å². The maximum Gasteiger partial charge on any atom is 0.199 e. The summed E-state index contributed by atoms with van der Waals surface area (Å²) in [4.78, 5) is 12.2. The van der Waals surface area contributed by atoms with Crippen LogP contribution in [-0.2, 0) is 0 Å². The van der Waals surface area contributed by atoms with E-state index in [1.165, 1.54) is 0 Å². The van der Waals surface area contributed by atoms with Gasteiger partial charge >= 0.3 is 0 Å². The summed E-state index contributed by atoms with van der Waals surface area (Å²) >= 11 is 0. The zero-order valence-electron chi connectivity index (χ0n) is 11.7. The third kappa shape index (κ3) is 2.60. The number of aliphatic hydroxyl groups excluding tert-OH is 1. The molecular weight excluding hydrogens is 264 g/mol. The van der Waals surface area contributed by atoms with Gasteiger partial charge in [0.05, 0.1) is 5.56 Å². The number of ketones is 1. The van der Waals surface area contributed by atoms with E-state index in [0.29, 0.717) is 11.3 Å². The van der Waals surface area contributed by atoms with Gasteiger partial charge in [-0.05, 0) is 30.2 Å². The van der Waals surface area contributed by atoms with Gasteiger partial charge in [0, 0.05) is 0 Å². The Kier molecular flexibility index (Phi) is 3.59. The van der Waals surface area contributed by atoms with Crippen molar-refractivity contribution in [3.63, 3.8) is 0 Å². The van der Waals surface area contributed by atoms with Crippen molar-refractivity contribution < 1.29 is 14.6 Å². The van der Waals surface area contributed by atoms with Crippen molar-refractivity contribution in [1.82, 2.24) is 0 Å². The number of Topliss-reactive ketones (excluding diaryl/α,β-unsaturated/α-hetero) is 1. The molecule has 0 unspecified atom stereocenters. The van der Waals surface area contributed by atoms with E-state index in [2.05, 4.69) is 0 Å². The molecule has 0 fully saturated rings. The third-order valence-corrected chi connectivity index (χ3v) is 3.60. The van der Waals surface area contributed by atoms with Crippen molar-refractivity contribution in [2.45, 2.75) is 19.1 Å². The SMILES string of the molecule is C/C(=C\c1ccccc1)[C@H]1Oc2ccccc2C(=O)[C@@H]1O. The predicted molar refractivity (Wildman–Crippen MR) is 81.3 cm³/mol. The number of para-hydroxylation sites is 1. The first-order chi connectivity index (χ1) is 10.2. The Bertz CT molecular complexity index is 689. The molecule has 0 spiro atoms. The lowest BCUT2D eigenvalue weighted by Crippen LogP contribution is -2.43. The molecule has 0 aliphatic carbocycles. The highest BCUT2D eigenvalue weighted by Crippen LogP contribution is 2.30. The number of ether oxygens (including phenoxy) is 1. The van der Waals surface area contributed by atoms with Gasteiger partial charge in [-0.25, -0.2) is 0 Å². The predicted octanol–water partition coefficient (Wildman–Crippen LogP) is 3.09. The van der Waals surface area contributed by atoms with Crippen LogP contribution in [0, 0.1) is 0 Å². The molecule has 3 rings (SSSR count). The molecular formula is C18H16O3. The molecule has 2 aromatic rings. The van der Waals surface area contributed by atoms with Gasteiger partial charge in [0.25, 0.3) is 0 Å². The number of hydrogen-bond acceptors (Lipinski definition) is 3. The second kappa shape index (κ2) is 5.54. The number of rotatable bonds is 2. The average Bonchev–Trinajstić information content (AvgIpc) is 2.52. The Labute approximate surface area is 123 Å². The maximum atomic E-state index is 12.2. The van der Waals surface area contributed by atoms with Gasteiger partial charge in [-0.15, -0.1) is 0 Å². The largest absolute Gasteiger partial charge is 0.482 e. The molecule has 0 radical (unpaired) electrons. The van der Waals surface area contributed by atoms with Gasteiger partial charge in [-0.3, -0.25) is 4.79 Å². The molecule has 1 N–H and O–H groups in total. The van der Waals surface area contributed by atoms with Gasteiger partial charge in [0.2, 0.25) is 0 Å². The smallest absolute Gasteiger partial charge is 0.199 e. The molecule has 1 aliphatic rings. The fraction of sp³-hybridized carbons (Fsp3) is 0.167. The third-order valence-electron chi connectivity index (χ3n) is 3.60. The standard InChI is InChI=1S/C18H16O3/c1-12(11-13-7-3-2-4-8-13)18-17(20)16(19)14-9-5-6-10-15(14)21-18/h2-11,17-18,20H,1H3/b12-11+/t17-,18+/m0/s1. The van der Waals surface area contributed by atoms with Gasteiger partial charge in [-0.2, -0.15) is 0 Å². The lowest BCUT2D eigenvalue weighted by molar-refractivity contribution is 0.0348. The highest BCUT2D eigenvalue weighted by molar-refractivity contribution is 6.03. The molecule has 0 saturated heterocycles. The first-order valence-electron chi connectivity index (χ1n) is 6.88. The van der Waals surface area contributed by atoms with Gasteiger partial charge in [0.1, 0.15) is 5.75 Å². The molecule has 0 bridgehead atoms. The average molecular weight is 280 g/mol. The van der Waals surface area contributed by atoms with Crippen LogP contribution in [0.25, 0.3) is 6.08 Å². The fourth-order valence-electron chi connectivity index (χ4n) is 2.51. The minimum absolute atomic E-state index is 0.289. The second-order valence-corrected chi connectivity index (χ2v) is 5.14. The van der Waals surface area contributed by atoms with Crippen molar-refractivity contribution >= 4 is 11.9 Å². The van der Waals surface area contributed by atoms with Crippen molar-refractivity contribution in [3.05, 3.63) is 71.3 Å². The molecule has 0 saturated carbocycles. The van der Waals surface area contributed by atoms with Crippen molar-refractivity contribution in [1.29, 1.82) is 0 Å². The molecule has 0 aromatic heterocycles. The van der Waals surface area contributed by atoms with E-state index < -0.39 is 12.2 Å². The van der Waals surface area contributed by atoms with E-state index in [1.54, 1.807) is 18.2 Å². The fourth-order valence-corrected chi connectivity index (χ4v) is 2.51. The van der Waals surface area contributed by atoms with E-state index in [1.807, 2.05) is 49.4 Å². The molecule has 1 aliphatic heterocycles. The quantitative estimate of drug-likeness (QED) is 0.919. The summed E-state index contributed by atoms with van der Waals surface area (Å²) in [7, 11) is 0. The summed E-state index contributed by atoms with van der Waals surface area (Å²) in [6.45, 7) is 1.86. The Morgan fingerprint density at radius 2 is 1.76 bits per heavy atom. The normalized spacial score (nSPS) is 21.6. The van der Waals surface area contributed by atoms with Crippen molar-refractivity contribution in [2.24, 2.45) is 0 Å². The highest BCUT2D eigenvalue weighted by Gasteiger charge is 2.36. The number of carbonyl (C=O) groups is 1. The Hall–Kier alpha value is -2.39. The first-order valence-corrected chi connectivity index (χ1v) is 6.88. The van der Waals surface area contributed by atoms with Crippen LogP contribution in [0.3, 0.4) is 0 Å². The molecule has 2 atom stereocenters. The minimum atomic E-state index is -1.17. The maximum absolute atomic E-state index is 12.2. The molecule has 3 heteroatoms. The van der Waals surface area contributed by atoms with Crippen molar-refractivity contribution in [2.75, 3.05) is 0 Å². The molecule has 106 valence electrons. The molecule has 0 amide bonds. The summed E-state index contributed by atoms with van der Waals surface area (Å²) in [5.41, 5.74) is 2.27. The summed E-state index contributed by atoms with van der Waals surface area (Å²) in [5, 5.41) is 10.2. The van der Waals surface area contributed by atoms with E-state index in [9.17, 15) is 9.90 Å². The van der Waals surface area contributed by atoms with Gasteiger partial charge in [0.15, 0.2) is 18.0 Å². The zero-order valence-corrected chi connectivity index (χ0v) is 11.7. The number of fused-ring (bicyclic) bond motifs is 1. The van der Waals surface area contributed by atoms with Crippen LogP contribution in [-0.4, -0.2) is 23.1 Å². The summed E-state index contributed by atoms with van der Waals surface area (Å²) in [5.74, 6) is 0.237. The van der Waals surface area contributed by atoms with E-state index >= 15 is 0 Å². The number of benzene rings is 2. The molecule has 2 aromatic carbocycles. The van der Waals surface area contributed by atoms with Crippen LogP contribution in [0.15, 0.2) is 60.2 Å². The first kappa shape index (κ1) is 13.6. The van der Waals surface area contributed by atoms with E-state index in [0.717, 1.165) is 11.1 Å². The summed E-state index contributed by atoms with van der Waals surface area (Å²) in [6, 6.07) is 16.8.